The Bertz CT molecular complexity index is 615. The minimum absolute atomic E-state index is 0.0695. The van der Waals surface area contributed by atoms with Crippen molar-refractivity contribution in [3.05, 3.63) is 6.20 Å². The van der Waals surface area contributed by atoms with E-state index in [9.17, 15) is 13.2 Å². The number of aromatic nitrogens is 2. The highest BCUT2D eigenvalue weighted by molar-refractivity contribution is 7.89. The van der Waals surface area contributed by atoms with Crippen LogP contribution in [0.1, 0.15) is 27.7 Å². The van der Waals surface area contributed by atoms with Gasteiger partial charge in [0.05, 0.1) is 6.54 Å². The second kappa shape index (κ2) is 6.02. The molecule has 8 nitrogen and oxygen atoms in total. The van der Waals surface area contributed by atoms with Gasteiger partial charge in [-0.05, 0) is 27.7 Å². The second-order valence-electron chi connectivity index (χ2n) is 5.79. The summed E-state index contributed by atoms with van der Waals surface area (Å²) in [6, 6.07) is 0. The lowest BCUT2D eigenvalue weighted by Gasteiger charge is -2.23. The van der Waals surface area contributed by atoms with Crippen LogP contribution in [0.15, 0.2) is 11.1 Å². The van der Waals surface area contributed by atoms with E-state index in [0.717, 1.165) is 4.31 Å². The molecule has 0 fully saturated rings. The third kappa shape index (κ3) is 4.43. The van der Waals surface area contributed by atoms with Crippen LogP contribution in [-0.2, 0) is 21.4 Å². The Kier molecular flexibility index (Phi) is 5.00. The van der Waals surface area contributed by atoms with E-state index in [0.29, 0.717) is 6.54 Å². The van der Waals surface area contributed by atoms with Gasteiger partial charge in [0, 0.05) is 25.3 Å². The Labute approximate surface area is 125 Å². The quantitative estimate of drug-likeness (QED) is 0.795. The van der Waals surface area contributed by atoms with E-state index in [2.05, 4.69) is 10.4 Å². The molecular weight excluding hydrogens is 294 g/mol. The van der Waals surface area contributed by atoms with Gasteiger partial charge in [-0.2, -0.15) is 9.40 Å². The van der Waals surface area contributed by atoms with Crippen LogP contribution in [-0.4, -0.2) is 47.5 Å². The Morgan fingerprint density at radius 2 is 2.05 bits per heavy atom. The predicted octanol–water partition coefficient (Wildman–Crippen LogP) is 0.0204. The highest BCUT2D eigenvalue weighted by Gasteiger charge is 2.28. The van der Waals surface area contributed by atoms with Crippen molar-refractivity contribution in [3.63, 3.8) is 0 Å². The number of carbonyl (C=O) groups excluding carboxylic acids is 1. The average molecular weight is 317 g/mol. The van der Waals surface area contributed by atoms with Gasteiger partial charge in [-0.3, -0.25) is 9.48 Å². The maximum Gasteiger partial charge on any atom is 0.248 e. The molecule has 1 aromatic rings. The summed E-state index contributed by atoms with van der Waals surface area (Å²) in [7, 11) is -2.51. The van der Waals surface area contributed by atoms with Gasteiger partial charge in [0.2, 0.25) is 15.9 Å². The molecule has 0 radical (unpaired) electrons. The molecule has 0 spiro atoms. The third-order valence-corrected chi connectivity index (χ3v) is 4.47. The minimum atomic E-state index is -3.85. The Hall–Kier alpha value is -1.61. The number of nitrogens with zero attached hydrogens (tertiary/aromatic N) is 3. The molecule has 0 aromatic carbocycles. The molecule has 120 valence electrons. The summed E-state index contributed by atoms with van der Waals surface area (Å²) in [6.45, 7) is 7.52. The smallest absolute Gasteiger partial charge is 0.248 e. The van der Waals surface area contributed by atoms with Crippen molar-refractivity contribution in [2.45, 2.75) is 44.7 Å². The minimum Gasteiger partial charge on any atom is -0.381 e. The molecule has 0 atom stereocenters. The van der Waals surface area contributed by atoms with Crippen LogP contribution >= 0.6 is 0 Å². The summed E-state index contributed by atoms with van der Waals surface area (Å²) >= 11 is 0. The van der Waals surface area contributed by atoms with Gasteiger partial charge >= 0.3 is 0 Å². The third-order valence-electron chi connectivity index (χ3n) is 2.65. The standard InChI is InChI=1S/C12H23N5O3S/c1-6-17-7-9(11(13)15-17)21(19,20)16(5)8-10(18)14-12(2,3)4/h7H,6,8H2,1-5H3,(H2,13,15)(H,14,18). The van der Waals surface area contributed by atoms with Crippen LogP contribution in [0, 0.1) is 0 Å². The number of amides is 1. The number of aryl methyl sites for hydroxylation is 1. The predicted molar refractivity (Wildman–Crippen MR) is 80.0 cm³/mol. The van der Waals surface area contributed by atoms with E-state index in [1.165, 1.54) is 17.9 Å². The fourth-order valence-corrected chi connectivity index (χ4v) is 2.87. The summed E-state index contributed by atoms with van der Waals surface area (Å²) < 4.78 is 27.2. The first-order valence-corrected chi connectivity index (χ1v) is 8.01. The van der Waals surface area contributed by atoms with Gasteiger partial charge in [-0.1, -0.05) is 0 Å². The lowest BCUT2D eigenvalue weighted by molar-refractivity contribution is -0.122. The van der Waals surface area contributed by atoms with Crippen LogP contribution in [0.2, 0.25) is 0 Å². The molecule has 0 saturated carbocycles. The van der Waals surface area contributed by atoms with Crippen molar-refractivity contribution >= 4 is 21.7 Å². The van der Waals surface area contributed by atoms with Crippen molar-refractivity contribution in [2.75, 3.05) is 19.3 Å². The summed E-state index contributed by atoms with van der Waals surface area (Å²) in [6.07, 6.45) is 1.36. The number of hydrogen-bond acceptors (Lipinski definition) is 5. The fraction of sp³-hybridized carbons (Fsp3) is 0.667. The summed E-state index contributed by atoms with van der Waals surface area (Å²) in [5, 5.41) is 6.61. The average Bonchev–Trinajstić information content (AvgIpc) is 2.68. The summed E-state index contributed by atoms with van der Waals surface area (Å²) in [5.74, 6) is -0.449. The summed E-state index contributed by atoms with van der Waals surface area (Å²) in [5.41, 5.74) is 5.21. The molecule has 0 aliphatic carbocycles. The molecule has 0 saturated heterocycles. The SMILES string of the molecule is CCn1cc(S(=O)(=O)N(C)CC(=O)NC(C)(C)C)c(N)n1. The first kappa shape index (κ1) is 17.4. The first-order chi connectivity index (χ1) is 9.47. The van der Waals surface area contributed by atoms with Crippen LogP contribution in [0.5, 0.6) is 0 Å². The van der Waals surface area contributed by atoms with E-state index in [1.54, 1.807) is 0 Å². The Morgan fingerprint density at radius 1 is 1.48 bits per heavy atom. The van der Waals surface area contributed by atoms with Crippen molar-refractivity contribution in [2.24, 2.45) is 0 Å². The van der Waals surface area contributed by atoms with E-state index >= 15 is 0 Å². The maximum absolute atomic E-state index is 12.4. The fourth-order valence-electron chi connectivity index (χ4n) is 1.69. The molecule has 21 heavy (non-hydrogen) atoms. The molecule has 9 heteroatoms. The lowest BCUT2D eigenvalue weighted by Crippen LogP contribution is -2.46. The van der Waals surface area contributed by atoms with Crippen LogP contribution in [0.3, 0.4) is 0 Å². The molecule has 1 heterocycles. The van der Waals surface area contributed by atoms with Gasteiger partial charge in [0.15, 0.2) is 5.82 Å². The first-order valence-electron chi connectivity index (χ1n) is 6.57. The molecule has 0 aliphatic heterocycles. The molecule has 1 amide bonds. The maximum atomic E-state index is 12.4. The summed E-state index contributed by atoms with van der Waals surface area (Å²) in [4.78, 5) is 11.7. The van der Waals surface area contributed by atoms with E-state index in [-0.39, 0.29) is 23.2 Å². The number of rotatable bonds is 5. The van der Waals surface area contributed by atoms with Crippen molar-refractivity contribution < 1.29 is 13.2 Å². The highest BCUT2D eigenvalue weighted by Crippen LogP contribution is 2.20. The number of sulfonamides is 1. The van der Waals surface area contributed by atoms with Gasteiger partial charge in [-0.25, -0.2) is 8.42 Å². The van der Waals surface area contributed by atoms with Crippen LogP contribution < -0.4 is 11.1 Å². The number of nitrogens with two attached hydrogens (primary N) is 1. The Balaban J connectivity index is 2.92. The van der Waals surface area contributed by atoms with E-state index in [1.807, 2.05) is 27.7 Å². The van der Waals surface area contributed by atoms with Crippen molar-refractivity contribution in [1.82, 2.24) is 19.4 Å². The molecule has 0 bridgehead atoms. The van der Waals surface area contributed by atoms with Crippen LogP contribution in [0.4, 0.5) is 5.82 Å². The second-order valence-corrected chi connectivity index (χ2v) is 7.81. The van der Waals surface area contributed by atoms with E-state index in [4.69, 9.17) is 5.73 Å². The largest absolute Gasteiger partial charge is 0.381 e. The van der Waals surface area contributed by atoms with E-state index < -0.39 is 15.6 Å². The van der Waals surface area contributed by atoms with Gasteiger partial charge in [0.25, 0.3) is 0 Å². The number of hydrogen-bond donors (Lipinski definition) is 2. The normalized spacial score (nSPS) is 12.7. The van der Waals surface area contributed by atoms with Gasteiger partial charge < -0.3 is 11.1 Å². The number of anilines is 1. The zero-order valence-electron chi connectivity index (χ0n) is 13.0. The topological polar surface area (TPSA) is 110 Å². The zero-order chi connectivity index (χ0) is 16.4. The molecule has 0 unspecified atom stereocenters. The van der Waals surface area contributed by atoms with Gasteiger partial charge in [0.1, 0.15) is 4.90 Å². The van der Waals surface area contributed by atoms with Crippen molar-refractivity contribution in [3.8, 4) is 0 Å². The molecule has 3 N–H and O–H groups in total. The zero-order valence-corrected chi connectivity index (χ0v) is 13.9. The molecule has 0 aliphatic rings. The molecular formula is C12H23N5O3S. The number of carbonyl (C=O) groups is 1. The van der Waals surface area contributed by atoms with Gasteiger partial charge in [-0.15, -0.1) is 0 Å². The highest BCUT2D eigenvalue weighted by atomic mass is 32.2. The Morgan fingerprint density at radius 3 is 2.48 bits per heavy atom. The lowest BCUT2D eigenvalue weighted by atomic mass is 10.1. The van der Waals surface area contributed by atoms with Crippen LogP contribution in [0.25, 0.3) is 0 Å². The number of likely N-dealkylation sites (N-methyl/N-ethyl adjacent to an activating group) is 1. The molecule has 1 aromatic heterocycles. The number of nitrogens with one attached hydrogen (secondary N) is 1. The number of nitrogen functional groups attached to an aromatic ring is 1. The van der Waals surface area contributed by atoms with Crippen molar-refractivity contribution in [1.29, 1.82) is 0 Å². The molecule has 1 rings (SSSR count). The monoisotopic (exact) mass is 317 g/mol.